The molecule has 1 aliphatic heterocycles. The lowest BCUT2D eigenvalue weighted by Gasteiger charge is -2.11. The average Bonchev–Trinajstić information content (AvgIpc) is 2.78. The van der Waals surface area contributed by atoms with Crippen LogP contribution in [0.3, 0.4) is 0 Å². The molecular formula is C12H13NO2. The zero-order valence-electron chi connectivity index (χ0n) is 8.57. The van der Waals surface area contributed by atoms with Crippen molar-refractivity contribution >= 4 is 11.7 Å². The van der Waals surface area contributed by atoms with Gasteiger partial charge in [-0.25, -0.2) is 4.79 Å². The molecule has 1 atom stereocenters. The van der Waals surface area contributed by atoms with Crippen LogP contribution in [0, 0.1) is 0 Å². The maximum Gasteiger partial charge on any atom is 0.328 e. The Hall–Kier alpha value is -1.77. The average molecular weight is 203 g/mol. The van der Waals surface area contributed by atoms with Crippen LogP contribution in [0.2, 0.25) is 0 Å². The molecule has 1 unspecified atom stereocenters. The summed E-state index contributed by atoms with van der Waals surface area (Å²) in [6.45, 7) is 0. The number of methoxy groups -OCH3 is 1. The SMILES string of the molecule is COC(=O)C1CC=C(c2ccccc2)N1. The monoisotopic (exact) mass is 203 g/mol. The van der Waals surface area contributed by atoms with Crippen molar-refractivity contribution in [1.29, 1.82) is 0 Å². The molecule has 1 heterocycles. The van der Waals surface area contributed by atoms with Crippen molar-refractivity contribution in [3.05, 3.63) is 42.0 Å². The third kappa shape index (κ3) is 2.01. The maximum atomic E-state index is 11.3. The van der Waals surface area contributed by atoms with Gasteiger partial charge in [0, 0.05) is 5.70 Å². The minimum atomic E-state index is -0.231. The van der Waals surface area contributed by atoms with Gasteiger partial charge < -0.3 is 10.1 Å². The van der Waals surface area contributed by atoms with Gasteiger partial charge in [-0.15, -0.1) is 0 Å². The van der Waals surface area contributed by atoms with E-state index in [1.54, 1.807) is 0 Å². The van der Waals surface area contributed by atoms with Gasteiger partial charge in [-0.05, 0) is 12.0 Å². The lowest BCUT2D eigenvalue weighted by atomic mass is 10.2. The number of nitrogens with one attached hydrogen (secondary N) is 1. The molecule has 0 saturated carbocycles. The van der Waals surface area contributed by atoms with Crippen LogP contribution in [0.1, 0.15) is 12.0 Å². The molecule has 78 valence electrons. The summed E-state index contributed by atoms with van der Waals surface area (Å²) in [6, 6.07) is 9.71. The number of hydrogen-bond acceptors (Lipinski definition) is 3. The van der Waals surface area contributed by atoms with E-state index in [1.165, 1.54) is 7.11 Å². The van der Waals surface area contributed by atoms with Crippen molar-refractivity contribution in [2.45, 2.75) is 12.5 Å². The molecule has 1 aromatic rings. The van der Waals surface area contributed by atoms with E-state index in [0.29, 0.717) is 6.42 Å². The highest BCUT2D eigenvalue weighted by Gasteiger charge is 2.23. The van der Waals surface area contributed by atoms with Crippen LogP contribution in [-0.4, -0.2) is 19.1 Å². The van der Waals surface area contributed by atoms with E-state index in [2.05, 4.69) is 10.1 Å². The summed E-state index contributed by atoms with van der Waals surface area (Å²) in [4.78, 5) is 11.3. The summed E-state index contributed by atoms with van der Waals surface area (Å²) in [6.07, 6.45) is 2.72. The van der Waals surface area contributed by atoms with Crippen LogP contribution < -0.4 is 5.32 Å². The van der Waals surface area contributed by atoms with Crippen LogP contribution in [-0.2, 0) is 9.53 Å². The Morgan fingerprint density at radius 2 is 2.13 bits per heavy atom. The highest BCUT2D eigenvalue weighted by atomic mass is 16.5. The molecule has 0 bridgehead atoms. The van der Waals surface area contributed by atoms with Crippen LogP contribution in [0.25, 0.3) is 5.70 Å². The largest absolute Gasteiger partial charge is 0.467 e. The standard InChI is InChI=1S/C12H13NO2/c1-15-12(14)11-8-7-10(13-11)9-5-3-2-4-6-9/h2-7,11,13H,8H2,1H3. The normalized spacial score (nSPS) is 19.3. The van der Waals surface area contributed by atoms with Crippen LogP contribution >= 0.6 is 0 Å². The zero-order valence-corrected chi connectivity index (χ0v) is 8.57. The van der Waals surface area contributed by atoms with Gasteiger partial charge in [0.15, 0.2) is 0 Å². The Morgan fingerprint density at radius 3 is 2.80 bits per heavy atom. The summed E-state index contributed by atoms with van der Waals surface area (Å²) in [7, 11) is 1.41. The van der Waals surface area contributed by atoms with Gasteiger partial charge in [0.05, 0.1) is 7.11 Å². The number of ether oxygens (including phenoxy) is 1. The molecule has 0 aliphatic carbocycles. The van der Waals surface area contributed by atoms with Gasteiger partial charge in [0.2, 0.25) is 0 Å². The molecule has 15 heavy (non-hydrogen) atoms. The van der Waals surface area contributed by atoms with Crippen molar-refractivity contribution in [2.75, 3.05) is 7.11 Å². The summed E-state index contributed by atoms with van der Waals surface area (Å²) in [5.41, 5.74) is 2.11. The second-order valence-corrected chi connectivity index (χ2v) is 3.44. The quantitative estimate of drug-likeness (QED) is 0.741. The van der Waals surface area contributed by atoms with Crippen molar-refractivity contribution in [3.8, 4) is 0 Å². The van der Waals surface area contributed by atoms with Crippen LogP contribution in [0.5, 0.6) is 0 Å². The molecule has 3 nitrogen and oxygen atoms in total. The molecular weight excluding hydrogens is 190 g/mol. The van der Waals surface area contributed by atoms with E-state index in [1.807, 2.05) is 36.4 Å². The number of benzene rings is 1. The van der Waals surface area contributed by atoms with Gasteiger partial charge in [0.25, 0.3) is 0 Å². The molecule has 0 amide bonds. The minimum absolute atomic E-state index is 0.211. The first kappa shape index (κ1) is 9.77. The Labute approximate surface area is 88.8 Å². The molecule has 3 heteroatoms. The molecule has 0 fully saturated rings. The third-order valence-corrected chi connectivity index (χ3v) is 2.46. The highest BCUT2D eigenvalue weighted by Crippen LogP contribution is 2.19. The van der Waals surface area contributed by atoms with Gasteiger partial charge in [-0.2, -0.15) is 0 Å². The minimum Gasteiger partial charge on any atom is -0.467 e. The van der Waals surface area contributed by atoms with Crippen molar-refractivity contribution in [3.63, 3.8) is 0 Å². The van der Waals surface area contributed by atoms with Crippen molar-refractivity contribution < 1.29 is 9.53 Å². The molecule has 2 rings (SSSR count). The summed E-state index contributed by atoms with van der Waals surface area (Å²) < 4.78 is 4.68. The van der Waals surface area contributed by atoms with Gasteiger partial charge in [0.1, 0.15) is 6.04 Å². The predicted octanol–water partition coefficient (Wildman–Crippen LogP) is 1.56. The van der Waals surface area contributed by atoms with Gasteiger partial charge in [-0.1, -0.05) is 36.4 Å². The highest BCUT2D eigenvalue weighted by molar-refractivity contribution is 5.81. The zero-order chi connectivity index (χ0) is 10.7. The number of carbonyl (C=O) groups excluding carboxylic acids is 1. The molecule has 0 radical (unpaired) electrons. The number of hydrogen-bond donors (Lipinski definition) is 1. The first-order chi connectivity index (χ1) is 7.31. The molecule has 0 saturated heterocycles. The van der Waals surface area contributed by atoms with E-state index < -0.39 is 0 Å². The first-order valence-corrected chi connectivity index (χ1v) is 4.91. The van der Waals surface area contributed by atoms with E-state index in [9.17, 15) is 4.79 Å². The fourth-order valence-corrected chi connectivity index (χ4v) is 1.66. The first-order valence-electron chi connectivity index (χ1n) is 4.91. The van der Waals surface area contributed by atoms with E-state index in [4.69, 9.17) is 0 Å². The number of esters is 1. The van der Waals surface area contributed by atoms with Gasteiger partial charge >= 0.3 is 5.97 Å². The second-order valence-electron chi connectivity index (χ2n) is 3.44. The smallest absolute Gasteiger partial charge is 0.328 e. The van der Waals surface area contributed by atoms with E-state index >= 15 is 0 Å². The summed E-state index contributed by atoms with van der Waals surface area (Å²) in [5, 5.41) is 3.14. The van der Waals surface area contributed by atoms with E-state index in [0.717, 1.165) is 11.3 Å². The number of rotatable bonds is 2. The topological polar surface area (TPSA) is 38.3 Å². The van der Waals surface area contributed by atoms with E-state index in [-0.39, 0.29) is 12.0 Å². The third-order valence-electron chi connectivity index (χ3n) is 2.46. The fourth-order valence-electron chi connectivity index (χ4n) is 1.66. The Morgan fingerprint density at radius 1 is 1.40 bits per heavy atom. The lowest BCUT2D eigenvalue weighted by Crippen LogP contribution is -2.32. The summed E-state index contributed by atoms with van der Waals surface area (Å²) >= 11 is 0. The number of carbonyl (C=O) groups is 1. The maximum absolute atomic E-state index is 11.3. The molecule has 1 N–H and O–H groups in total. The lowest BCUT2D eigenvalue weighted by molar-refractivity contribution is -0.142. The van der Waals surface area contributed by atoms with Crippen molar-refractivity contribution in [1.82, 2.24) is 5.32 Å². The summed E-state index contributed by atoms with van der Waals surface area (Å²) in [5.74, 6) is -0.211. The van der Waals surface area contributed by atoms with Crippen LogP contribution in [0.4, 0.5) is 0 Å². The Balaban J connectivity index is 2.07. The second kappa shape index (κ2) is 4.17. The van der Waals surface area contributed by atoms with Gasteiger partial charge in [-0.3, -0.25) is 0 Å². The molecule has 1 aliphatic rings. The Bertz CT molecular complexity index is 384. The fraction of sp³-hybridized carbons (Fsp3) is 0.250. The predicted molar refractivity (Wildman–Crippen MR) is 58.0 cm³/mol. The molecule has 1 aromatic carbocycles. The Kier molecular flexibility index (Phi) is 2.72. The van der Waals surface area contributed by atoms with Crippen LogP contribution in [0.15, 0.2) is 36.4 Å². The molecule has 0 spiro atoms. The van der Waals surface area contributed by atoms with Crippen molar-refractivity contribution in [2.24, 2.45) is 0 Å². The molecule has 0 aromatic heterocycles.